The van der Waals surface area contributed by atoms with E-state index in [4.69, 9.17) is 23.2 Å². The van der Waals surface area contributed by atoms with Gasteiger partial charge in [0, 0.05) is 13.1 Å². The molecule has 100 valence electrons. The predicted octanol–water partition coefficient (Wildman–Crippen LogP) is 4.65. The van der Waals surface area contributed by atoms with Crippen molar-refractivity contribution in [3.63, 3.8) is 0 Å². The molecule has 1 aromatic rings. The predicted molar refractivity (Wildman–Crippen MR) is 77.6 cm³/mol. The van der Waals surface area contributed by atoms with E-state index in [0.717, 1.165) is 25.9 Å². The van der Waals surface area contributed by atoms with Crippen LogP contribution in [-0.4, -0.2) is 24.0 Å². The lowest BCUT2D eigenvalue weighted by molar-refractivity contribution is 0.211. The van der Waals surface area contributed by atoms with Crippen LogP contribution in [0, 0.1) is 0 Å². The molecule has 0 spiro atoms. The molecule has 0 unspecified atom stereocenters. The Hall–Kier alpha value is -0.930. The van der Waals surface area contributed by atoms with Crippen LogP contribution >= 0.6 is 23.2 Å². The van der Waals surface area contributed by atoms with Crippen molar-refractivity contribution < 1.29 is 4.79 Å². The third-order valence-electron chi connectivity index (χ3n) is 2.47. The molecule has 0 aromatic heterocycles. The summed E-state index contributed by atoms with van der Waals surface area (Å²) >= 11 is 11.9. The summed E-state index contributed by atoms with van der Waals surface area (Å²) in [5.41, 5.74) is 0.548. The van der Waals surface area contributed by atoms with E-state index in [2.05, 4.69) is 5.32 Å². The zero-order chi connectivity index (χ0) is 13.5. The summed E-state index contributed by atoms with van der Waals surface area (Å²) in [6.45, 7) is 5.56. The smallest absolute Gasteiger partial charge is 0.321 e. The second-order valence-electron chi connectivity index (χ2n) is 4.02. The summed E-state index contributed by atoms with van der Waals surface area (Å²) in [4.78, 5) is 13.8. The summed E-state index contributed by atoms with van der Waals surface area (Å²) in [6.07, 6.45) is 1.85. The Morgan fingerprint density at radius 3 is 2.39 bits per heavy atom. The molecule has 1 aromatic carbocycles. The normalized spacial score (nSPS) is 10.2. The molecule has 0 saturated carbocycles. The number of urea groups is 1. The number of benzene rings is 1. The van der Waals surface area contributed by atoms with E-state index in [1.165, 1.54) is 0 Å². The van der Waals surface area contributed by atoms with Gasteiger partial charge in [-0.25, -0.2) is 4.79 Å². The fourth-order valence-corrected chi connectivity index (χ4v) is 2.00. The van der Waals surface area contributed by atoms with Crippen LogP contribution < -0.4 is 5.32 Å². The van der Waals surface area contributed by atoms with Crippen LogP contribution in [-0.2, 0) is 0 Å². The molecule has 1 rings (SSSR count). The van der Waals surface area contributed by atoms with Crippen molar-refractivity contribution in [3.8, 4) is 0 Å². The molecule has 0 fully saturated rings. The Bertz CT molecular complexity index is 404. The van der Waals surface area contributed by atoms with Gasteiger partial charge in [0.15, 0.2) is 0 Å². The second kappa shape index (κ2) is 7.49. The number of nitrogens with zero attached hydrogens (tertiary/aromatic N) is 1. The van der Waals surface area contributed by atoms with Crippen molar-refractivity contribution in [1.29, 1.82) is 0 Å². The molecule has 0 aliphatic rings. The third kappa shape index (κ3) is 4.07. The first kappa shape index (κ1) is 15.1. The summed E-state index contributed by atoms with van der Waals surface area (Å²) in [7, 11) is 0. The first-order valence-corrected chi connectivity index (χ1v) is 6.85. The monoisotopic (exact) mass is 288 g/mol. The molecular formula is C13H18Cl2N2O. The number of hydrogen-bond donors (Lipinski definition) is 1. The van der Waals surface area contributed by atoms with E-state index < -0.39 is 0 Å². The van der Waals surface area contributed by atoms with Crippen molar-refractivity contribution in [2.75, 3.05) is 18.4 Å². The number of carbonyl (C=O) groups is 1. The average Bonchev–Trinajstić information content (AvgIpc) is 2.34. The van der Waals surface area contributed by atoms with Gasteiger partial charge in [0.2, 0.25) is 0 Å². The zero-order valence-electron chi connectivity index (χ0n) is 10.7. The Kier molecular flexibility index (Phi) is 6.30. The SMILES string of the molecule is CCCN(CCC)C(=O)Nc1cccc(Cl)c1Cl. The van der Waals surface area contributed by atoms with Crippen molar-refractivity contribution in [3.05, 3.63) is 28.2 Å². The maximum absolute atomic E-state index is 12.1. The van der Waals surface area contributed by atoms with E-state index in [1.807, 2.05) is 13.8 Å². The molecule has 18 heavy (non-hydrogen) atoms. The van der Waals surface area contributed by atoms with Crippen LogP contribution in [0.4, 0.5) is 10.5 Å². The van der Waals surface area contributed by atoms with Crippen LogP contribution in [0.25, 0.3) is 0 Å². The first-order chi connectivity index (χ1) is 8.60. The standard InChI is InChI=1S/C13H18Cl2N2O/c1-3-8-17(9-4-2)13(18)16-11-7-5-6-10(14)12(11)15/h5-7H,3-4,8-9H2,1-2H3,(H,16,18). The van der Waals surface area contributed by atoms with Gasteiger partial charge in [-0.15, -0.1) is 0 Å². The van der Waals surface area contributed by atoms with Gasteiger partial charge in [-0.3, -0.25) is 0 Å². The highest BCUT2D eigenvalue weighted by Gasteiger charge is 2.13. The molecule has 2 amide bonds. The summed E-state index contributed by atoms with van der Waals surface area (Å²) in [5, 5.41) is 3.60. The number of nitrogens with one attached hydrogen (secondary N) is 1. The maximum Gasteiger partial charge on any atom is 0.321 e. The molecule has 0 aliphatic heterocycles. The number of amides is 2. The minimum atomic E-state index is -0.136. The Morgan fingerprint density at radius 2 is 1.83 bits per heavy atom. The number of anilines is 1. The lowest BCUT2D eigenvalue weighted by atomic mass is 10.3. The summed E-state index contributed by atoms with van der Waals surface area (Å²) in [5.74, 6) is 0. The minimum Gasteiger partial charge on any atom is -0.325 e. The van der Waals surface area contributed by atoms with Crippen LogP contribution in [0.1, 0.15) is 26.7 Å². The van der Waals surface area contributed by atoms with Gasteiger partial charge in [-0.05, 0) is 25.0 Å². The lowest BCUT2D eigenvalue weighted by Gasteiger charge is -2.22. The molecule has 0 saturated heterocycles. The molecule has 0 radical (unpaired) electrons. The number of carbonyl (C=O) groups excluding carboxylic acids is 1. The molecule has 5 heteroatoms. The summed E-state index contributed by atoms with van der Waals surface area (Å²) in [6, 6.07) is 5.05. The average molecular weight is 289 g/mol. The fourth-order valence-electron chi connectivity index (χ4n) is 1.65. The molecule has 3 nitrogen and oxygen atoms in total. The maximum atomic E-state index is 12.1. The summed E-state index contributed by atoms with van der Waals surface area (Å²) < 4.78 is 0. The fraction of sp³-hybridized carbons (Fsp3) is 0.462. The van der Waals surface area contributed by atoms with E-state index in [9.17, 15) is 4.79 Å². The van der Waals surface area contributed by atoms with Crippen LogP contribution in [0.5, 0.6) is 0 Å². The highest BCUT2D eigenvalue weighted by Crippen LogP contribution is 2.29. The van der Waals surface area contributed by atoms with Gasteiger partial charge >= 0.3 is 6.03 Å². The molecule has 0 atom stereocenters. The van der Waals surface area contributed by atoms with Gasteiger partial charge < -0.3 is 10.2 Å². The lowest BCUT2D eigenvalue weighted by Crippen LogP contribution is -2.36. The van der Waals surface area contributed by atoms with E-state index >= 15 is 0 Å². The van der Waals surface area contributed by atoms with Crippen LogP contribution in [0.2, 0.25) is 10.0 Å². The Labute approximate surface area is 118 Å². The third-order valence-corrected chi connectivity index (χ3v) is 3.29. The Balaban J connectivity index is 2.75. The van der Waals surface area contributed by atoms with E-state index in [-0.39, 0.29) is 6.03 Å². The van der Waals surface area contributed by atoms with Gasteiger partial charge in [0.05, 0.1) is 15.7 Å². The molecule has 0 bridgehead atoms. The molecule has 0 aliphatic carbocycles. The number of hydrogen-bond acceptors (Lipinski definition) is 1. The van der Waals surface area contributed by atoms with Crippen molar-refractivity contribution >= 4 is 34.9 Å². The van der Waals surface area contributed by atoms with Gasteiger partial charge in [-0.1, -0.05) is 43.1 Å². The van der Waals surface area contributed by atoms with Gasteiger partial charge in [-0.2, -0.15) is 0 Å². The van der Waals surface area contributed by atoms with Crippen LogP contribution in [0.15, 0.2) is 18.2 Å². The van der Waals surface area contributed by atoms with Crippen molar-refractivity contribution in [2.45, 2.75) is 26.7 Å². The van der Waals surface area contributed by atoms with E-state index in [1.54, 1.807) is 23.1 Å². The number of halogens is 2. The van der Waals surface area contributed by atoms with Crippen LogP contribution in [0.3, 0.4) is 0 Å². The topological polar surface area (TPSA) is 32.3 Å². The van der Waals surface area contributed by atoms with E-state index in [0.29, 0.717) is 15.7 Å². The zero-order valence-corrected chi connectivity index (χ0v) is 12.2. The first-order valence-electron chi connectivity index (χ1n) is 6.10. The molecule has 1 N–H and O–H groups in total. The minimum absolute atomic E-state index is 0.136. The highest BCUT2D eigenvalue weighted by atomic mass is 35.5. The van der Waals surface area contributed by atoms with Gasteiger partial charge in [0.1, 0.15) is 0 Å². The molecule has 0 heterocycles. The Morgan fingerprint density at radius 1 is 1.22 bits per heavy atom. The number of rotatable bonds is 5. The van der Waals surface area contributed by atoms with Crippen molar-refractivity contribution in [2.24, 2.45) is 0 Å². The van der Waals surface area contributed by atoms with Gasteiger partial charge in [0.25, 0.3) is 0 Å². The highest BCUT2D eigenvalue weighted by molar-refractivity contribution is 6.43. The second-order valence-corrected chi connectivity index (χ2v) is 4.80. The largest absolute Gasteiger partial charge is 0.325 e. The van der Waals surface area contributed by atoms with Crippen molar-refractivity contribution in [1.82, 2.24) is 4.90 Å². The molecular weight excluding hydrogens is 271 g/mol. The quantitative estimate of drug-likeness (QED) is 0.841.